The van der Waals surface area contributed by atoms with Crippen LogP contribution in [0.4, 0.5) is 0 Å². The van der Waals surface area contributed by atoms with Gasteiger partial charge in [-0.25, -0.2) is 9.98 Å². The van der Waals surface area contributed by atoms with E-state index in [9.17, 15) is 5.11 Å². The molecule has 6 rings (SSSR count). The normalized spacial score (nSPS) is 16.5. The maximum atomic E-state index is 10.3. The molecule has 5 nitrogen and oxygen atoms in total. The topological polar surface area (TPSA) is 67.3 Å². The van der Waals surface area contributed by atoms with Gasteiger partial charge in [-0.05, 0) is 58.8 Å². The Morgan fingerprint density at radius 3 is 2.44 bits per heavy atom. The number of aromatic hydroxyl groups is 1. The number of phenols is 1. The van der Waals surface area contributed by atoms with Gasteiger partial charge in [-0.2, -0.15) is 0 Å². The fourth-order valence-electron chi connectivity index (χ4n) is 4.30. The second-order valence-corrected chi connectivity index (χ2v) is 7.93. The van der Waals surface area contributed by atoms with Gasteiger partial charge in [0.15, 0.2) is 12.1 Å². The number of amidine groups is 1. The molecule has 0 saturated heterocycles. The van der Waals surface area contributed by atoms with E-state index in [4.69, 9.17) is 14.1 Å². The molecular formula is C27H20N2O3. The third-order valence-corrected chi connectivity index (χ3v) is 5.96. The Kier molecular flexibility index (Phi) is 4.30. The van der Waals surface area contributed by atoms with Crippen molar-refractivity contribution in [1.82, 2.24) is 0 Å². The van der Waals surface area contributed by atoms with Gasteiger partial charge in [-0.15, -0.1) is 0 Å². The summed E-state index contributed by atoms with van der Waals surface area (Å²) in [4.78, 5) is 9.37. The first-order chi connectivity index (χ1) is 15.7. The second kappa shape index (κ2) is 7.32. The van der Waals surface area contributed by atoms with Crippen molar-refractivity contribution in [1.29, 1.82) is 0 Å². The minimum absolute atomic E-state index is 0.147. The van der Waals surface area contributed by atoms with E-state index in [1.54, 1.807) is 19.2 Å². The first kappa shape index (κ1) is 18.8. The Morgan fingerprint density at radius 1 is 0.875 bits per heavy atom. The Morgan fingerprint density at radius 2 is 1.62 bits per heavy atom. The molecule has 1 aliphatic rings. The van der Waals surface area contributed by atoms with E-state index in [1.807, 2.05) is 36.4 Å². The Balaban J connectivity index is 1.50. The second-order valence-electron chi connectivity index (χ2n) is 7.93. The molecule has 0 radical (unpaired) electrons. The van der Waals surface area contributed by atoms with Gasteiger partial charge in [0, 0.05) is 24.3 Å². The van der Waals surface area contributed by atoms with Crippen molar-refractivity contribution < 1.29 is 14.3 Å². The molecule has 0 fully saturated rings. The third kappa shape index (κ3) is 3.06. The summed E-state index contributed by atoms with van der Waals surface area (Å²) in [5.74, 6) is 0.619. The highest BCUT2D eigenvalue weighted by Gasteiger charge is 2.22. The number of rotatable bonds is 3. The van der Waals surface area contributed by atoms with E-state index >= 15 is 0 Å². The molecule has 0 amide bonds. The third-order valence-electron chi connectivity index (χ3n) is 5.96. The average molecular weight is 420 g/mol. The lowest BCUT2D eigenvalue weighted by atomic mass is 10.0. The fourth-order valence-corrected chi connectivity index (χ4v) is 4.30. The van der Waals surface area contributed by atoms with Crippen LogP contribution in [-0.2, 0) is 4.74 Å². The van der Waals surface area contributed by atoms with Crippen molar-refractivity contribution in [3.8, 4) is 5.75 Å². The van der Waals surface area contributed by atoms with Gasteiger partial charge in [0.2, 0.25) is 0 Å². The first-order valence-corrected chi connectivity index (χ1v) is 10.5. The van der Waals surface area contributed by atoms with Gasteiger partial charge in [0.05, 0.1) is 11.3 Å². The van der Waals surface area contributed by atoms with Gasteiger partial charge < -0.3 is 14.3 Å². The number of aliphatic imine (C=N–C) groups is 2. The Bertz CT molecular complexity index is 1560. The van der Waals surface area contributed by atoms with E-state index in [1.165, 1.54) is 5.39 Å². The van der Waals surface area contributed by atoms with Crippen LogP contribution < -0.4 is 0 Å². The predicted octanol–water partition coefficient (Wildman–Crippen LogP) is 6.06. The van der Waals surface area contributed by atoms with Gasteiger partial charge in [0.25, 0.3) is 0 Å². The van der Waals surface area contributed by atoms with Gasteiger partial charge in [-0.3, -0.25) is 0 Å². The Labute approximate surface area is 184 Å². The maximum Gasteiger partial charge on any atom is 0.161 e. The maximum absolute atomic E-state index is 10.3. The van der Waals surface area contributed by atoms with Crippen LogP contribution in [0.15, 0.2) is 93.3 Å². The molecule has 1 atom stereocenters. The highest BCUT2D eigenvalue weighted by Crippen LogP contribution is 2.33. The monoisotopic (exact) mass is 420 g/mol. The first-order valence-electron chi connectivity index (χ1n) is 10.5. The van der Waals surface area contributed by atoms with Crippen molar-refractivity contribution in [2.45, 2.75) is 12.6 Å². The molecule has 0 saturated carbocycles. The smallest absolute Gasteiger partial charge is 0.161 e. The van der Waals surface area contributed by atoms with Crippen molar-refractivity contribution >= 4 is 44.3 Å². The van der Waals surface area contributed by atoms with Crippen LogP contribution in [-0.4, -0.2) is 30.0 Å². The zero-order valence-electron chi connectivity index (χ0n) is 17.4. The van der Waals surface area contributed by atoms with Crippen molar-refractivity contribution in [2.24, 2.45) is 9.98 Å². The lowest BCUT2D eigenvalue weighted by Crippen LogP contribution is -2.23. The largest absolute Gasteiger partial charge is 0.507 e. The summed E-state index contributed by atoms with van der Waals surface area (Å²) in [5.41, 5.74) is 4.15. The number of hydrogen-bond acceptors (Lipinski definition) is 5. The predicted molar refractivity (Wildman–Crippen MR) is 128 cm³/mol. The van der Waals surface area contributed by atoms with Gasteiger partial charge >= 0.3 is 0 Å². The number of nitrogens with zero attached hydrogens (tertiary/aromatic N) is 2. The van der Waals surface area contributed by atoms with Crippen LogP contribution in [0.3, 0.4) is 0 Å². The van der Waals surface area contributed by atoms with E-state index < -0.39 is 0 Å². The Hall–Kier alpha value is -3.96. The molecule has 156 valence electrons. The molecule has 0 spiro atoms. The SMILES string of the molecule is COC1CC(c2ccc3oc4cc5ccccc5cc4c3c2)=NC(c2ccccc2O)=N1. The number of phenolic OH excluding ortho intramolecular Hbond substituents is 1. The molecule has 32 heavy (non-hydrogen) atoms. The molecule has 1 unspecified atom stereocenters. The summed E-state index contributed by atoms with van der Waals surface area (Å²) >= 11 is 0. The van der Waals surface area contributed by atoms with E-state index in [-0.39, 0.29) is 12.0 Å². The molecule has 0 aliphatic carbocycles. The van der Waals surface area contributed by atoms with Crippen molar-refractivity contribution in [2.75, 3.05) is 7.11 Å². The van der Waals surface area contributed by atoms with Crippen molar-refractivity contribution in [3.05, 3.63) is 90.0 Å². The number of ether oxygens (including phenoxy) is 1. The van der Waals surface area contributed by atoms with Crippen LogP contribution in [0.1, 0.15) is 17.5 Å². The fraction of sp³-hybridized carbons (Fsp3) is 0.111. The highest BCUT2D eigenvalue weighted by atomic mass is 16.5. The highest BCUT2D eigenvalue weighted by molar-refractivity contribution is 6.17. The average Bonchev–Trinajstić information content (AvgIpc) is 3.19. The minimum atomic E-state index is -0.363. The molecule has 1 aliphatic heterocycles. The number of para-hydroxylation sites is 1. The molecular weight excluding hydrogens is 400 g/mol. The lowest BCUT2D eigenvalue weighted by Gasteiger charge is -2.20. The molecule has 0 bridgehead atoms. The van der Waals surface area contributed by atoms with E-state index in [0.29, 0.717) is 17.8 Å². The number of fused-ring (bicyclic) bond motifs is 4. The number of hydrogen-bond donors (Lipinski definition) is 1. The standard InChI is InChI=1S/C27H20N2O3/c1-31-26-15-22(28-27(29-26)19-8-4-5-9-23(19)30)18-10-11-24-20(13-18)21-12-16-6-2-3-7-17(16)14-25(21)32-24/h2-14,26,30H,15H2,1H3. The summed E-state index contributed by atoms with van der Waals surface area (Å²) in [7, 11) is 1.64. The molecule has 4 aromatic carbocycles. The molecule has 2 heterocycles. The van der Waals surface area contributed by atoms with Gasteiger partial charge in [0.1, 0.15) is 16.9 Å². The van der Waals surface area contributed by atoms with Crippen molar-refractivity contribution in [3.63, 3.8) is 0 Å². The summed E-state index contributed by atoms with van der Waals surface area (Å²) in [6.07, 6.45) is 0.190. The number of methoxy groups -OCH3 is 1. The van der Waals surface area contributed by atoms with Gasteiger partial charge in [-0.1, -0.05) is 36.4 Å². The molecule has 1 N–H and O–H groups in total. The lowest BCUT2D eigenvalue weighted by molar-refractivity contribution is 0.115. The molecule has 5 heteroatoms. The zero-order chi connectivity index (χ0) is 21.7. The molecule has 1 aromatic heterocycles. The molecule has 5 aromatic rings. The summed E-state index contributed by atoms with van der Waals surface area (Å²) in [5, 5.41) is 14.8. The van der Waals surface area contributed by atoms with Crippen LogP contribution >= 0.6 is 0 Å². The van der Waals surface area contributed by atoms with Crippen LogP contribution in [0.2, 0.25) is 0 Å². The summed E-state index contributed by atoms with van der Waals surface area (Å²) in [6.45, 7) is 0. The zero-order valence-corrected chi connectivity index (χ0v) is 17.4. The number of benzene rings is 4. The van der Waals surface area contributed by atoms with E-state index in [0.717, 1.165) is 38.6 Å². The summed E-state index contributed by atoms with van der Waals surface area (Å²) < 4.78 is 11.7. The quantitative estimate of drug-likeness (QED) is 0.386. The number of furan rings is 1. The van der Waals surface area contributed by atoms with E-state index in [2.05, 4.69) is 35.3 Å². The minimum Gasteiger partial charge on any atom is -0.507 e. The summed E-state index contributed by atoms with van der Waals surface area (Å²) in [6, 6.07) is 25.8. The van der Waals surface area contributed by atoms with Crippen LogP contribution in [0.25, 0.3) is 32.7 Å². The van der Waals surface area contributed by atoms with Crippen LogP contribution in [0.5, 0.6) is 5.75 Å². The van der Waals surface area contributed by atoms with Crippen LogP contribution in [0, 0.1) is 0 Å².